The largest absolute Gasteiger partial charge is 0.490 e. The van der Waals surface area contributed by atoms with E-state index >= 15 is 0 Å². The van der Waals surface area contributed by atoms with Gasteiger partial charge in [-0.25, -0.2) is 4.98 Å². The first-order valence-electron chi connectivity index (χ1n) is 4.20. The van der Waals surface area contributed by atoms with Crippen molar-refractivity contribution in [3.05, 3.63) is 22.4 Å². The van der Waals surface area contributed by atoms with Gasteiger partial charge in [0.25, 0.3) is 0 Å². The molecule has 0 unspecified atom stereocenters. The van der Waals surface area contributed by atoms with Crippen LogP contribution in [0.5, 0.6) is 0 Å². The van der Waals surface area contributed by atoms with Crippen molar-refractivity contribution in [3.8, 4) is 0 Å². The molecule has 0 atom stereocenters. The van der Waals surface area contributed by atoms with Gasteiger partial charge in [-0.1, -0.05) is 6.07 Å². The average Bonchev–Trinajstić information content (AvgIpc) is 2.87. The van der Waals surface area contributed by atoms with E-state index in [1.165, 1.54) is 19.0 Å². The van der Waals surface area contributed by atoms with Crippen LogP contribution in [0.1, 0.15) is 24.3 Å². The van der Waals surface area contributed by atoms with Crippen molar-refractivity contribution in [3.63, 3.8) is 0 Å². The molecule has 1 aromatic heterocycles. The molecule has 0 amide bonds. The number of nitrogens with zero attached hydrogens (tertiary/aromatic N) is 1. The Balaban J connectivity index is 2.36. The van der Waals surface area contributed by atoms with Crippen molar-refractivity contribution < 1.29 is 10.0 Å². The standard InChI is InChI=1S/C8H9BBrNO2/c10-8-7(5-1-2-5)3-6(4-11-8)9(12)13/h3-5,12-13H,1-2H2. The van der Waals surface area contributed by atoms with Crippen molar-refractivity contribution in [2.75, 3.05) is 0 Å². The van der Waals surface area contributed by atoms with E-state index in [1.54, 1.807) is 6.07 Å². The van der Waals surface area contributed by atoms with Crippen LogP contribution in [0.4, 0.5) is 0 Å². The zero-order valence-electron chi connectivity index (χ0n) is 6.94. The third-order valence-electron chi connectivity index (χ3n) is 2.20. The van der Waals surface area contributed by atoms with Crippen molar-refractivity contribution in [2.24, 2.45) is 0 Å². The van der Waals surface area contributed by atoms with Crippen LogP contribution in [0.2, 0.25) is 0 Å². The molecule has 13 heavy (non-hydrogen) atoms. The second-order valence-corrected chi connectivity index (χ2v) is 4.05. The quantitative estimate of drug-likeness (QED) is 0.583. The Hall–Kier alpha value is -0.385. The molecule has 0 aromatic carbocycles. The highest BCUT2D eigenvalue weighted by molar-refractivity contribution is 9.10. The fourth-order valence-corrected chi connectivity index (χ4v) is 1.84. The zero-order valence-corrected chi connectivity index (χ0v) is 8.53. The van der Waals surface area contributed by atoms with Gasteiger partial charge in [0, 0.05) is 11.7 Å². The summed E-state index contributed by atoms with van der Waals surface area (Å²) in [5.74, 6) is 0.556. The van der Waals surface area contributed by atoms with Gasteiger partial charge in [0.15, 0.2) is 0 Å². The molecule has 0 spiro atoms. The molecule has 1 aliphatic carbocycles. The fourth-order valence-electron chi connectivity index (χ4n) is 1.30. The van der Waals surface area contributed by atoms with Crippen LogP contribution in [-0.2, 0) is 0 Å². The fraction of sp³-hybridized carbons (Fsp3) is 0.375. The molecule has 3 nitrogen and oxygen atoms in total. The maximum atomic E-state index is 8.94. The molecule has 68 valence electrons. The lowest BCUT2D eigenvalue weighted by atomic mass is 9.81. The maximum Gasteiger partial charge on any atom is 0.490 e. The smallest absolute Gasteiger partial charge is 0.423 e. The summed E-state index contributed by atoms with van der Waals surface area (Å²) < 4.78 is 0.819. The van der Waals surface area contributed by atoms with Crippen molar-refractivity contribution in [1.29, 1.82) is 0 Å². The highest BCUT2D eigenvalue weighted by Crippen LogP contribution is 2.42. The summed E-state index contributed by atoms with van der Waals surface area (Å²) in [7, 11) is -1.42. The molecule has 2 rings (SSSR count). The van der Waals surface area contributed by atoms with Crippen LogP contribution >= 0.6 is 15.9 Å². The van der Waals surface area contributed by atoms with E-state index in [1.807, 2.05) is 0 Å². The Morgan fingerprint density at radius 3 is 2.69 bits per heavy atom. The number of pyridine rings is 1. The Morgan fingerprint density at radius 1 is 1.46 bits per heavy atom. The van der Waals surface area contributed by atoms with E-state index in [2.05, 4.69) is 20.9 Å². The molecular weight excluding hydrogens is 233 g/mol. The second-order valence-electron chi connectivity index (χ2n) is 3.30. The van der Waals surface area contributed by atoms with Gasteiger partial charge in [-0.3, -0.25) is 0 Å². The van der Waals surface area contributed by atoms with Gasteiger partial charge < -0.3 is 10.0 Å². The minimum absolute atomic E-state index is 0.463. The number of halogens is 1. The molecule has 1 fully saturated rings. The summed E-state index contributed by atoms with van der Waals surface area (Å²) in [6, 6.07) is 1.80. The zero-order chi connectivity index (χ0) is 9.42. The molecular formula is C8H9BBrNO2. The predicted molar refractivity (Wildman–Crippen MR) is 53.7 cm³/mol. The first-order valence-corrected chi connectivity index (χ1v) is 4.99. The van der Waals surface area contributed by atoms with Crippen LogP contribution in [0, 0.1) is 0 Å². The number of aromatic nitrogens is 1. The normalized spacial score (nSPS) is 15.9. The van der Waals surface area contributed by atoms with Gasteiger partial charge in [-0.2, -0.15) is 0 Å². The van der Waals surface area contributed by atoms with Crippen molar-refractivity contribution >= 4 is 28.5 Å². The average molecular weight is 242 g/mol. The van der Waals surface area contributed by atoms with E-state index in [9.17, 15) is 0 Å². The molecule has 1 saturated carbocycles. The van der Waals surface area contributed by atoms with E-state index in [0.29, 0.717) is 11.4 Å². The molecule has 0 saturated heterocycles. The van der Waals surface area contributed by atoms with Crippen molar-refractivity contribution in [2.45, 2.75) is 18.8 Å². The summed E-state index contributed by atoms with van der Waals surface area (Å²) >= 11 is 3.35. The molecule has 0 bridgehead atoms. The summed E-state index contributed by atoms with van der Waals surface area (Å²) in [5.41, 5.74) is 1.55. The van der Waals surface area contributed by atoms with Crippen LogP contribution < -0.4 is 5.46 Å². The molecule has 1 heterocycles. The Morgan fingerprint density at radius 2 is 2.15 bits per heavy atom. The first-order chi connectivity index (χ1) is 6.18. The SMILES string of the molecule is OB(O)c1cnc(Br)c(C2CC2)c1. The summed E-state index contributed by atoms with van der Waals surface area (Å²) in [6.45, 7) is 0. The molecule has 0 radical (unpaired) electrons. The maximum absolute atomic E-state index is 8.94. The van der Waals surface area contributed by atoms with Gasteiger partial charge in [-0.05, 0) is 40.3 Å². The Kier molecular flexibility index (Phi) is 2.40. The number of hydrogen-bond donors (Lipinski definition) is 2. The molecule has 2 N–H and O–H groups in total. The molecule has 5 heteroatoms. The van der Waals surface area contributed by atoms with Gasteiger partial charge in [-0.15, -0.1) is 0 Å². The number of hydrogen-bond acceptors (Lipinski definition) is 3. The van der Waals surface area contributed by atoms with Crippen LogP contribution in [-0.4, -0.2) is 22.2 Å². The summed E-state index contributed by atoms with van der Waals surface area (Å²) in [6.07, 6.45) is 3.82. The van der Waals surface area contributed by atoms with Crippen molar-refractivity contribution in [1.82, 2.24) is 4.98 Å². The lowest BCUT2D eigenvalue weighted by Crippen LogP contribution is -2.30. The van der Waals surface area contributed by atoms with E-state index in [-0.39, 0.29) is 0 Å². The van der Waals surface area contributed by atoms with Gasteiger partial charge in [0.2, 0.25) is 0 Å². The third kappa shape index (κ3) is 1.93. The summed E-state index contributed by atoms with van der Waals surface area (Å²) in [4.78, 5) is 4.06. The third-order valence-corrected chi connectivity index (χ3v) is 2.87. The minimum atomic E-state index is -1.42. The van der Waals surface area contributed by atoms with Gasteiger partial charge in [0.1, 0.15) is 4.60 Å². The predicted octanol–water partition coefficient (Wildman–Crippen LogP) is 0.401. The summed E-state index contributed by atoms with van der Waals surface area (Å²) in [5, 5.41) is 17.9. The number of rotatable bonds is 2. The first kappa shape index (κ1) is 9.18. The molecule has 0 aliphatic heterocycles. The Bertz CT molecular complexity index is 328. The van der Waals surface area contributed by atoms with Crippen LogP contribution in [0.3, 0.4) is 0 Å². The molecule has 1 aliphatic rings. The highest BCUT2D eigenvalue weighted by atomic mass is 79.9. The monoisotopic (exact) mass is 241 g/mol. The Labute approximate surface area is 85.1 Å². The lowest BCUT2D eigenvalue weighted by molar-refractivity contribution is 0.425. The van der Waals surface area contributed by atoms with Crippen LogP contribution in [0.15, 0.2) is 16.9 Å². The highest BCUT2D eigenvalue weighted by Gasteiger charge is 2.27. The van der Waals surface area contributed by atoms with E-state index in [4.69, 9.17) is 10.0 Å². The van der Waals surface area contributed by atoms with E-state index in [0.717, 1.165) is 10.2 Å². The van der Waals surface area contributed by atoms with Gasteiger partial charge >= 0.3 is 7.12 Å². The minimum Gasteiger partial charge on any atom is -0.423 e. The van der Waals surface area contributed by atoms with Gasteiger partial charge in [0.05, 0.1) is 0 Å². The molecule has 1 aromatic rings. The topological polar surface area (TPSA) is 53.4 Å². The second kappa shape index (κ2) is 3.40. The van der Waals surface area contributed by atoms with Crippen LogP contribution in [0.25, 0.3) is 0 Å². The van der Waals surface area contributed by atoms with E-state index < -0.39 is 7.12 Å². The lowest BCUT2D eigenvalue weighted by Gasteiger charge is -2.04.